The molecule has 2 heterocycles. The second-order valence-electron chi connectivity index (χ2n) is 9.23. The minimum absolute atomic E-state index is 0.0537. The Hall–Kier alpha value is -1.62. The molecular formula is C21H23BrO4. The zero-order chi connectivity index (χ0) is 18.9. The molecule has 0 N–H and O–H groups in total. The van der Waals surface area contributed by atoms with Crippen LogP contribution in [0.2, 0.25) is 0 Å². The molecule has 0 radical (unpaired) electrons. The third-order valence-corrected chi connectivity index (χ3v) is 5.89. The summed E-state index contributed by atoms with van der Waals surface area (Å²) in [4.78, 5) is 26.0. The van der Waals surface area contributed by atoms with Gasteiger partial charge in [-0.3, -0.25) is 9.59 Å². The first-order valence-corrected chi connectivity index (χ1v) is 9.81. The van der Waals surface area contributed by atoms with Crippen LogP contribution in [0, 0.1) is 10.8 Å². The smallest absolute Gasteiger partial charge is 0.169 e. The van der Waals surface area contributed by atoms with E-state index in [2.05, 4.69) is 43.6 Å². The highest BCUT2D eigenvalue weighted by molar-refractivity contribution is 9.10. The molecule has 0 saturated carbocycles. The Morgan fingerprint density at radius 1 is 0.885 bits per heavy atom. The maximum atomic E-state index is 13.0. The van der Waals surface area contributed by atoms with Gasteiger partial charge < -0.3 is 9.15 Å². The maximum absolute atomic E-state index is 13.0. The summed E-state index contributed by atoms with van der Waals surface area (Å²) < 4.78 is 12.6. The van der Waals surface area contributed by atoms with Crippen molar-refractivity contribution in [1.29, 1.82) is 0 Å². The maximum Gasteiger partial charge on any atom is 0.169 e. The van der Waals surface area contributed by atoms with Crippen molar-refractivity contribution in [3.8, 4) is 0 Å². The van der Waals surface area contributed by atoms with Crippen molar-refractivity contribution >= 4 is 27.5 Å². The van der Waals surface area contributed by atoms with Crippen LogP contribution in [0.1, 0.15) is 65.1 Å². The molecule has 0 fully saturated rings. The minimum Gasteiger partial charge on any atom is -0.465 e. The Labute approximate surface area is 161 Å². The second kappa shape index (κ2) is 5.69. The fourth-order valence-corrected chi connectivity index (χ4v) is 4.76. The van der Waals surface area contributed by atoms with E-state index in [1.807, 2.05) is 6.07 Å². The zero-order valence-corrected chi connectivity index (χ0v) is 17.2. The Morgan fingerprint density at radius 3 is 1.81 bits per heavy atom. The molecular weight excluding hydrogens is 396 g/mol. The van der Waals surface area contributed by atoms with Crippen LogP contribution in [0.3, 0.4) is 0 Å². The summed E-state index contributed by atoms with van der Waals surface area (Å²) >= 11 is 3.34. The first-order valence-electron chi connectivity index (χ1n) is 9.02. The van der Waals surface area contributed by atoms with Crippen LogP contribution in [0.15, 0.2) is 43.9 Å². The largest absolute Gasteiger partial charge is 0.465 e. The second-order valence-corrected chi connectivity index (χ2v) is 10.0. The highest BCUT2D eigenvalue weighted by Gasteiger charge is 2.48. The molecule has 0 unspecified atom stereocenters. The molecule has 4 rings (SSSR count). The van der Waals surface area contributed by atoms with Crippen molar-refractivity contribution < 1.29 is 18.7 Å². The van der Waals surface area contributed by atoms with Gasteiger partial charge in [-0.25, -0.2) is 0 Å². The van der Waals surface area contributed by atoms with Gasteiger partial charge in [-0.2, -0.15) is 0 Å². The molecule has 0 amide bonds. The fourth-order valence-electron chi connectivity index (χ4n) is 4.44. The molecule has 1 aromatic heterocycles. The van der Waals surface area contributed by atoms with Gasteiger partial charge in [0.1, 0.15) is 17.3 Å². The fraction of sp³-hybridized carbons (Fsp3) is 0.524. The highest BCUT2D eigenvalue weighted by Crippen LogP contribution is 2.53. The SMILES string of the molecule is CC1(C)CC(=O)C2=C(C1)OC1=C(C(=O)CC(C)(C)C1)C2c1ccc(Br)o1. The Kier molecular flexibility index (Phi) is 3.89. The van der Waals surface area contributed by atoms with Crippen LogP contribution in [-0.2, 0) is 14.3 Å². The van der Waals surface area contributed by atoms with E-state index in [0.29, 0.717) is 58.8 Å². The van der Waals surface area contributed by atoms with E-state index in [0.717, 1.165) is 0 Å². The molecule has 1 aromatic rings. The molecule has 0 spiro atoms. The van der Waals surface area contributed by atoms with Crippen LogP contribution in [-0.4, -0.2) is 11.6 Å². The monoisotopic (exact) mass is 418 g/mol. The summed E-state index contributed by atoms with van der Waals surface area (Å²) in [5.41, 5.74) is 0.934. The predicted octanol–water partition coefficient (Wildman–Crippen LogP) is 5.44. The number of furan rings is 1. The molecule has 26 heavy (non-hydrogen) atoms. The van der Waals surface area contributed by atoms with Gasteiger partial charge in [-0.05, 0) is 38.9 Å². The number of allylic oxidation sites excluding steroid dienone is 4. The molecule has 3 aliphatic rings. The summed E-state index contributed by atoms with van der Waals surface area (Å²) in [5, 5.41) is 0. The molecule has 5 heteroatoms. The summed E-state index contributed by atoms with van der Waals surface area (Å²) in [6, 6.07) is 3.65. The molecule has 1 aliphatic heterocycles. The Balaban J connectivity index is 1.90. The minimum atomic E-state index is -0.452. The first-order chi connectivity index (χ1) is 12.1. The van der Waals surface area contributed by atoms with Gasteiger partial charge >= 0.3 is 0 Å². The number of hydrogen-bond donors (Lipinski definition) is 0. The van der Waals surface area contributed by atoms with Gasteiger partial charge in [-0.15, -0.1) is 0 Å². The van der Waals surface area contributed by atoms with Gasteiger partial charge in [-0.1, -0.05) is 27.7 Å². The van der Waals surface area contributed by atoms with E-state index in [-0.39, 0.29) is 22.4 Å². The standard InChI is InChI=1S/C21H23BrO4/c1-20(2)7-11(23)17-14(9-20)25-15-10-21(3,4)8-12(24)18(15)19(17)13-5-6-16(22)26-13/h5-6,19H,7-10H2,1-4H3. The van der Waals surface area contributed by atoms with Gasteiger partial charge in [0, 0.05) is 36.8 Å². The quantitative estimate of drug-likeness (QED) is 0.608. The van der Waals surface area contributed by atoms with Gasteiger partial charge in [0.25, 0.3) is 0 Å². The highest BCUT2D eigenvalue weighted by atomic mass is 79.9. The summed E-state index contributed by atoms with van der Waals surface area (Å²) in [5.74, 6) is 1.71. The molecule has 138 valence electrons. The normalized spacial score (nSPS) is 25.1. The van der Waals surface area contributed by atoms with E-state index in [9.17, 15) is 9.59 Å². The van der Waals surface area contributed by atoms with Crippen LogP contribution in [0.25, 0.3) is 0 Å². The van der Waals surface area contributed by atoms with Crippen molar-refractivity contribution in [3.63, 3.8) is 0 Å². The number of ketones is 2. The number of ether oxygens (including phenoxy) is 1. The van der Waals surface area contributed by atoms with Crippen molar-refractivity contribution in [2.75, 3.05) is 0 Å². The number of Topliss-reactive ketones (excluding diaryl/α,β-unsaturated/α-hetero) is 2. The average molecular weight is 419 g/mol. The lowest BCUT2D eigenvalue weighted by molar-refractivity contribution is -0.120. The van der Waals surface area contributed by atoms with Crippen LogP contribution >= 0.6 is 15.9 Å². The van der Waals surface area contributed by atoms with Crippen molar-refractivity contribution in [2.24, 2.45) is 10.8 Å². The third-order valence-electron chi connectivity index (χ3n) is 5.46. The van der Waals surface area contributed by atoms with Gasteiger partial charge in [0.15, 0.2) is 16.2 Å². The van der Waals surface area contributed by atoms with Gasteiger partial charge in [0.05, 0.1) is 5.92 Å². The van der Waals surface area contributed by atoms with E-state index >= 15 is 0 Å². The van der Waals surface area contributed by atoms with Gasteiger partial charge in [0.2, 0.25) is 0 Å². The van der Waals surface area contributed by atoms with E-state index in [1.165, 1.54) is 0 Å². The lowest BCUT2D eigenvalue weighted by Gasteiger charge is -2.42. The van der Waals surface area contributed by atoms with Crippen LogP contribution < -0.4 is 0 Å². The topological polar surface area (TPSA) is 56.5 Å². The third kappa shape index (κ3) is 2.90. The van der Waals surface area contributed by atoms with Crippen LogP contribution in [0.5, 0.6) is 0 Å². The molecule has 4 nitrogen and oxygen atoms in total. The van der Waals surface area contributed by atoms with E-state index < -0.39 is 5.92 Å². The van der Waals surface area contributed by atoms with Crippen LogP contribution in [0.4, 0.5) is 0 Å². The number of halogens is 1. The Bertz CT molecular complexity index is 830. The lowest BCUT2D eigenvalue weighted by Crippen LogP contribution is -2.37. The van der Waals surface area contributed by atoms with Crippen molar-refractivity contribution in [1.82, 2.24) is 0 Å². The number of carbonyl (C=O) groups excluding carboxylic acids is 2. The molecule has 0 saturated heterocycles. The predicted molar refractivity (Wildman–Crippen MR) is 100 cm³/mol. The molecule has 2 aliphatic carbocycles. The first kappa shape index (κ1) is 17.8. The summed E-state index contributed by atoms with van der Waals surface area (Å²) in [7, 11) is 0. The van der Waals surface area contributed by atoms with E-state index in [1.54, 1.807) is 6.07 Å². The number of rotatable bonds is 1. The molecule has 0 aromatic carbocycles. The van der Waals surface area contributed by atoms with E-state index in [4.69, 9.17) is 9.15 Å². The van der Waals surface area contributed by atoms with Crippen molar-refractivity contribution in [2.45, 2.75) is 59.3 Å². The summed E-state index contributed by atoms with van der Waals surface area (Å²) in [6.07, 6.45) is 2.29. The summed E-state index contributed by atoms with van der Waals surface area (Å²) in [6.45, 7) is 8.32. The molecule has 0 atom stereocenters. The Morgan fingerprint density at radius 2 is 1.38 bits per heavy atom. The molecule has 0 bridgehead atoms. The number of carbonyl (C=O) groups is 2. The zero-order valence-electron chi connectivity index (χ0n) is 15.6. The number of hydrogen-bond acceptors (Lipinski definition) is 4. The average Bonchev–Trinajstić information content (AvgIpc) is 2.88. The van der Waals surface area contributed by atoms with Crippen molar-refractivity contribution in [3.05, 3.63) is 45.2 Å². The lowest BCUT2D eigenvalue weighted by atomic mass is 9.66.